The summed E-state index contributed by atoms with van der Waals surface area (Å²) in [5, 5.41) is 9.74. The molecule has 2 fully saturated rings. The summed E-state index contributed by atoms with van der Waals surface area (Å²) in [5.41, 5.74) is 1.06. The van der Waals surface area contributed by atoms with Gasteiger partial charge >= 0.3 is 5.97 Å². The number of halogens is 1. The van der Waals surface area contributed by atoms with Gasteiger partial charge in [-0.3, -0.25) is 0 Å². The molecule has 0 radical (unpaired) electrons. The highest BCUT2D eigenvalue weighted by Crippen LogP contribution is 2.41. The Kier molecular flexibility index (Phi) is 3.40. The number of carbonyl (C=O) groups is 1. The summed E-state index contributed by atoms with van der Waals surface area (Å²) in [7, 11) is 0. The van der Waals surface area contributed by atoms with Gasteiger partial charge in [0, 0.05) is 12.6 Å². The van der Waals surface area contributed by atoms with E-state index in [4.69, 9.17) is 11.6 Å². The van der Waals surface area contributed by atoms with Crippen LogP contribution in [0.15, 0.2) is 18.2 Å². The van der Waals surface area contributed by atoms with Crippen molar-refractivity contribution in [1.29, 1.82) is 0 Å². The summed E-state index contributed by atoms with van der Waals surface area (Å²) in [6.45, 7) is 0.946. The third-order valence-corrected chi connectivity index (χ3v) is 4.82. The highest BCUT2D eigenvalue weighted by atomic mass is 35.5. The van der Waals surface area contributed by atoms with E-state index in [0.29, 0.717) is 11.1 Å². The first kappa shape index (κ1) is 12.8. The van der Waals surface area contributed by atoms with Gasteiger partial charge in [-0.2, -0.15) is 0 Å². The first-order valence-corrected chi connectivity index (χ1v) is 7.34. The summed E-state index contributed by atoms with van der Waals surface area (Å²) in [6.07, 6.45) is 6.14. The summed E-state index contributed by atoms with van der Waals surface area (Å²) < 4.78 is 0. The zero-order chi connectivity index (χ0) is 13.4. The Morgan fingerprint density at radius 2 is 2.05 bits per heavy atom. The van der Waals surface area contributed by atoms with E-state index in [1.165, 1.54) is 25.7 Å². The van der Waals surface area contributed by atoms with Crippen LogP contribution in [-0.4, -0.2) is 23.7 Å². The van der Waals surface area contributed by atoms with Crippen LogP contribution in [0.1, 0.15) is 42.5 Å². The molecule has 3 rings (SSSR count). The van der Waals surface area contributed by atoms with Crippen molar-refractivity contribution in [2.45, 2.75) is 38.1 Å². The van der Waals surface area contributed by atoms with Gasteiger partial charge in [0.2, 0.25) is 0 Å². The number of rotatable bonds is 2. The molecule has 1 aliphatic carbocycles. The van der Waals surface area contributed by atoms with Crippen LogP contribution in [0, 0.1) is 5.92 Å². The standard InChI is InChI=1S/C15H18ClNO2/c16-11-6-2-8-13(14(11)15(18)19)17-9-3-5-10-4-1-7-12(10)17/h2,6,8,10,12H,1,3-5,7,9H2,(H,18,19). The van der Waals surface area contributed by atoms with Gasteiger partial charge in [0.25, 0.3) is 0 Å². The fourth-order valence-electron chi connectivity index (χ4n) is 3.72. The Labute approximate surface area is 118 Å². The lowest BCUT2D eigenvalue weighted by atomic mass is 9.91. The largest absolute Gasteiger partial charge is 0.478 e. The fraction of sp³-hybridized carbons (Fsp3) is 0.533. The lowest BCUT2D eigenvalue weighted by Gasteiger charge is -2.40. The molecule has 0 aromatic heterocycles. The van der Waals surface area contributed by atoms with Gasteiger partial charge in [-0.05, 0) is 43.7 Å². The van der Waals surface area contributed by atoms with Crippen molar-refractivity contribution in [3.05, 3.63) is 28.8 Å². The number of carboxylic acids is 1. The molecule has 3 nitrogen and oxygen atoms in total. The molecule has 1 aromatic rings. The number of carboxylic acid groups (broad SMARTS) is 1. The van der Waals surface area contributed by atoms with Crippen molar-refractivity contribution in [3.8, 4) is 0 Å². The predicted molar refractivity (Wildman–Crippen MR) is 76.1 cm³/mol. The quantitative estimate of drug-likeness (QED) is 0.895. The predicted octanol–water partition coefficient (Wildman–Crippen LogP) is 3.81. The Balaban J connectivity index is 2.01. The number of hydrogen-bond donors (Lipinski definition) is 1. The number of benzene rings is 1. The Morgan fingerprint density at radius 3 is 2.84 bits per heavy atom. The van der Waals surface area contributed by atoms with E-state index >= 15 is 0 Å². The average molecular weight is 280 g/mol. The van der Waals surface area contributed by atoms with Crippen LogP contribution in [0.5, 0.6) is 0 Å². The Morgan fingerprint density at radius 1 is 1.26 bits per heavy atom. The van der Waals surface area contributed by atoms with Crippen molar-refractivity contribution in [1.82, 2.24) is 0 Å². The molecule has 4 heteroatoms. The van der Waals surface area contributed by atoms with Crippen LogP contribution in [0.4, 0.5) is 5.69 Å². The molecule has 0 spiro atoms. The van der Waals surface area contributed by atoms with Crippen molar-refractivity contribution in [2.24, 2.45) is 5.92 Å². The number of nitrogens with zero attached hydrogens (tertiary/aromatic N) is 1. The van der Waals surface area contributed by atoms with E-state index < -0.39 is 5.97 Å². The number of fused-ring (bicyclic) bond motifs is 1. The van der Waals surface area contributed by atoms with Crippen LogP contribution in [0.2, 0.25) is 5.02 Å². The Bertz CT molecular complexity index is 503. The number of aromatic carboxylic acids is 1. The van der Waals surface area contributed by atoms with E-state index in [9.17, 15) is 9.90 Å². The van der Waals surface area contributed by atoms with Crippen LogP contribution >= 0.6 is 11.6 Å². The second-order valence-electron chi connectivity index (χ2n) is 5.53. The molecule has 102 valence electrons. The second-order valence-corrected chi connectivity index (χ2v) is 5.94. The highest BCUT2D eigenvalue weighted by Gasteiger charge is 2.36. The monoisotopic (exact) mass is 279 g/mol. The molecule has 2 aliphatic rings. The van der Waals surface area contributed by atoms with Crippen LogP contribution < -0.4 is 4.90 Å². The molecule has 1 N–H and O–H groups in total. The molecular formula is C15H18ClNO2. The summed E-state index contributed by atoms with van der Waals surface area (Å²) in [4.78, 5) is 13.8. The van der Waals surface area contributed by atoms with E-state index in [2.05, 4.69) is 4.90 Å². The number of anilines is 1. The maximum Gasteiger partial charge on any atom is 0.339 e. The second kappa shape index (κ2) is 5.04. The first-order chi connectivity index (χ1) is 9.18. The molecule has 1 heterocycles. The molecular weight excluding hydrogens is 262 g/mol. The zero-order valence-electron chi connectivity index (χ0n) is 10.8. The molecule has 2 unspecified atom stereocenters. The van der Waals surface area contributed by atoms with Gasteiger partial charge in [0.1, 0.15) is 5.56 Å². The molecule has 2 atom stereocenters. The van der Waals surface area contributed by atoms with E-state index in [1.54, 1.807) is 6.07 Å². The van der Waals surface area contributed by atoms with Crippen molar-refractivity contribution >= 4 is 23.3 Å². The average Bonchev–Trinajstić information content (AvgIpc) is 2.85. The van der Waals surface area contributed by atoms with Crippen molar-refractivity contribution < 1.29 is 9.90 Å². The molecule has 19 heavy (non-hydrogen) atoms. The maximum atomic E-state index is 11.5. The highest BCUT2D eigenvalue weighted by molar-refractivity contribution is 6.34. The maximum absolute atomic E-state index is 11.5. The molecule has 1 aliphatic heterocycles. The van der Waals surface area contributed by atoms with Gasteiger partial charge in [-0.1, -0.05) is 24.1 Å². The van der Waals surface area contributed by atoms with E-state index in [1.807, 2.05) is 12.1 Å². The third kappa shape index (κ3) is 2.20. The van der Waals surface area contributed by atoms with Crippen LogP contribution in [0.3, 0.4) is 0 Å². The first-order valence-electron chi connectivity index (χ1n) is 6.97. The Hall–Kier alpha value is -1.22. The molecule has 0 bridgehead atoms. The molecule has 0 amide bonds. The molecule has 1 aromatic carbocycles. The lowest BCUT2D eigenvalue weighted by Crippen LogP contribution is -2.43. The zero-order valence-corrected chi connectivity index (χ0v) is 11.6. The van der Waals surface area contributed by atoms with Crippen LogP contribution in [-0.2, 0) is 0 Å². The van der Waals surface area contributed by atoms with Gasteiger partial charge in [-0.25, -0.2) is 4.79 Å². The smallest absolute Gasteiger partial charge is 0.339 e. The molecule has 1 saturated heterocycles. The molecule has 1 saturated carbocycles. The van der Waals surface area contributed by atoms with Crippen molar-refractivity contribution in [2.75, 3.05) is 11.4 Å². The summed E-state index contributed by atoms with van der Waals surface area (Å²) in [5.74, 6) is -0.199. The van der Waals surface area contributed by atoms with Crippen LogP contribution in [0.25, 0.3) is 0 Å². The normalized spacial score (nSPS) is 26.3. The van der Waals surface area contributed by atoms with Gasteiger partial charge < -0.3 is 10.0 Å². The minimum Gasteiger partial charge on any atom is -0.478 e. The minimum absolute atomic E-state index is 0.261. The summed E-state index contributed by atoms with van der Waals surface area (Å²) in [6, 6.07) is 5.91. The number of piperidine rings is 1. The SMILES string of the molecule is O=C(O)c1c(Cl)cccc1N1CCCC2CCCC21. The fourth-order valence-corrected chi connectivity index (χ4v) is 3.97. The van der Waals surface area contributed by atoms with Gasteiger partial charge in [-0.15, -0.1) is 0 Å². The van der Waals surface area contributed by atoms with Gasteiger partial charge in [0.15, 0.2) is 0 Å². The topological polar surface area (TPSA) is 40.5 Å². The van der Waals surface area contributed by atoms with E-state index in [0.717, 1.165) is 24.6 Å². The minimum atomic E-state index is -0.930. The summed E-state index contributed by atoms with van der Waals surface area (Å²) >= 11 is 6.08. The lowest BCUT2D eigenvalue weighted by molar-refractivity contribution is 0.0697. The van der Waals surface area contributed by atoms with Crippen molar-refractivity contribution in [3.63, 3.8) is 0 Å². The van der Waals surface area contributed by atoms with E-state index in [-0.39, 0.29) is 5.56 Å². The van der Waals surface area contributed by atoms with Gasteiger partial charge in [0.05, 0.1) is 10.7 Å². The number of hydrogen-bond acceptors (Lipinski definition) is 2. The third-order valence-electron chi connectivity index (χ3n) is 4.51.